The number of nitrogens with zero attached hydrogens (tertiary/aromatic N) is 3. The number of rotatable bonds is 4. The van der Waals surface area contributed by atoms with Crippen LogP contribution in [0.4, 0.5) is 22.0 Å². The van der Waals surface area contributed by atoms with E-state index in [0.29, 0.717) is 18.7 Å². The van der Waals surface area contributed by atoms with E-state index in [2.05, 4.69) is 0 Å². The van der Waals surface area contributed by atoms with Crippen LogP contribution in [0.2, 0.25) is 5.02 Å². The van der Waals surface area contributed by atoms with Crippen molar-refractivity contribution < 1.29 is 31.5 Å². The van der Waals surface area contributed by atoms with Gasteiger partial charge >= 0.3 is 6.18 Å². The molecule has 1 unspecified atom stereocenters. The zero-order valence-corrected chi connectivity index (χ0v) is 20.6. The number of benzene rings is 2. The first-order chi connectivity index (χ1) is 17.6. The van der Waals surface area contributed by atoms with Gasteiger partial charge in [-0.25, -0.2) is 13.8 Å². The predicted octanol–water partition coefficient (Wildman–Crippen LogP) is 6.03. The number of fused-ring (bicyclic) bond motifs is 3. The van der Waals surface area contributed by atoms with Gasteiger partial charge < -0.3 is 14.2 Å². The lowest BCUT2D eigenvalue weighted by Gasteiger charge is -2.37. The number of ether oxygens (including phenoxy) is 1. The van der Waals surface area contributed by atoms with Crippen LogP contribution < -0.4 is 4.74 Å². The van der Waals surface area contributed by atoms with Gasteiger partial charge in [0.2, 0.25) is 0 Å². The maximum atomic E-state index is 15.3. The van der Waals surface area contributed by atoms with Crippen LogP contribution in [0, 0.1) is 18.6 Å². The number of carbonyl (C=O) groups excluding carboxylic acids is 1. The Labute approximate surface area is 214 Å². The Bertz CT molecular complexity index is 1370. The third-order valence-electron chi connectivity index (χ3n) is 6.88. The third kappa shape index (κ3) is 4.67. The highest BCUT2D eigenvalue weighted by Gasteiger charge is 2.39. The molecule has 2 aliphatic rings. The Kier molecular flexibility index (Phi) is 6.64. The summed E-state index contributed by atoms with van der Waals surface area (Å²) in [6.45, 7) is 1.75. The number of amides is 1. The molecule has 11 heteroatoms. The summed E-state index contributed by atoms with van der Waals surface area (Å²) in [5, 5.41) is -0.295. The van der Waals surface area contributed by atoms with Gasteiger partial charge in [-0.15, -0.1) is 0 Å². The minimum atomic E-state index is -4.57. The Morgan fingerprint density at radius 2 is 1.89 bits per heavy atom. The molecule has 1 amide bonds. The summed E-state index contributed by atoms with van der Waals surface area (Å²) >= 11 is 5.96. The fourth-order valence-corrected chi connectivity index (χ4v) is 5.26. The molecule has 0 radical (unpaired) electrons. The second-order valence-electron chi connectivity index (χ2n) is 9.24. The normalized spacial score (nSPS) is 17.4. The highest BCUT2D eigenvalue weighted by atomic mass is 35.5. The van der Waals surface area contributed by atoms with Crippen LogP contribution in [-0.2, 0) is 30.4 Å². The topological polar surface area (TPSA) is 47.4 Å². The number of hydrogen-bond donors (Lipinski definition) is 0. The average molecular weight is 540 g/mol. The van der Waals surface area contributed by atoms with E-state index in [-0.39, 0.29) is 28.4 Å². The van der Waals surface area contributed by atoms with E-state index in [1.807, 2.05) is 4.57 Å². The van der Waals surface area contributed by atoms with Crippen LogP contribution in [0.1, 0.15) is 52.8 Å². The molecule has 5 rings (SSSR count). The number of imidazole rings is 1. The fraction of sp³-hybridized carbons (Fsp3) is 0.385. The van der Waals surface area contributed by atoms with E-state index in [9.17, 15) is 22.4 Å². The Morgan fingerprint density at radius 1 is 1.11 bits per heavy atom. The second-order valence-corrected chi connectivity index (χ2v) is 9.65. The van der Waals surface area contributed by atoms with E-state index in [1.54, 1.807) is 0 Å². The standard InChI is InChI=1S/C26H23ClF5N3O2/c1-14-5-7-16(23(29)22(14)28)24-25-18(33-20-4-2-3-10-34(20)25)9-11-35(24)21(36)13-37-19-8-6-15(12-17(19)27)26(30,31)32/h5-8,12,24H,2-4,9-11,13H2,1H3. The first kappa shape index (κ1) is 25.5. The summed E-state index contributed by atoms with van der Waals surface area (Å²) in [6.07, 6.45) is -1.52. The SMILES string of the molecule is Cc1ccc(C2c3c(nc4n3CCCC4)CCN2C(=O)COc2ccc(C(F)(F)F)cc2Cl)c(F)c1F. The molecule has 0 bridgehead atoms. The van der Waals surface area contributed by atoms with Crippen LogP contribution >= 0.6 is 11.6 Å². The van der Waals surface area contributed by atoms with Gasteiger partial charge in [-0.05, 0) is 43.5 Å². The highest BCUT2D eigenvalue weighted by molar-refractivity contribution is 6.32. The largest absolute Gasteiger partial charge is 0.482 e. The number of alkyl halides is 3. The van der Waals surface area contributed by atoms with Crippen LogP contribution in [-0.4, -0.2) is 33.5 Å². The van der Waals surface area contributed by atoms with Gasteiger partial charge in [0.1, 0.15) is 17.6 Å². The zero-order valence-electron chi connectivity index (χ0n) is 19.8. The predicted molar refractivity (Wildman–Crippen MR) is 125 cm³/mol. The first-order valence-electron chi connectivity index (χ1n) is 11.9. The van der Waals surface area contributed by atoms with E-state index < -0.39 is 41.9 Å². The lowest BCUT2D eigenvalue weighted by molar-refractivity contribution is -0.138. The summed E-state index contributed by atoms with van der Waals surface area (Å²) in [4.78, 5) is 19.5. The molecular weight excluding hydrogens is 517 g/mol. The van der Waals surface area contributed by atoms with Gasteiger partial charge in [-0.1, -0.05) is 23.7 Å². The van der Waals surface area contributed by atoms with Gasteiger partial charge in [0.15, 0.2) is 18.2 Å². The van der Waals surface area contributed by atoms with Gasteiger partial charge in [-0.2, -0.15) is 13.2 Å². The molecule has 2 aliphatic heterocycles. The van der Waals surface area contributed by atoms with E-state index in [0.717, 1.165) is 49.0 Å². The van der Waals surface area contributed by atoms with Crippen LogP contribution in [0.3, 0.4) is 0 Å². The molecule has 0 fully saturated rings. The van der Waals surface area contributed by atoms with Crippen molar-refractivity contribution in [1.82, 2.24) is 14.5 Å². The van der Waals surface area contributed by atoms with E-state index in [1.165, 1.54) is 24.0 Å². The number of aryl methyl sites for hydroxylation is 2. The van der Waals surface area contributed by atoms with Crippen molar-refractivity contribution in [3.8, 4) is 5.75 Å². The minimum absolute atomic E-state index is 0.0123. The van der Waals surface area contributed by atoms with Crippen molar-refractivity contribution in [2.24, 2.45) is 0 Å². The van der Waals surface area contributed by atoms with Gasteiger partial charge in [0.25, 0.3) is 5.91 Å². The van der Waals surface area contributed by atoms with Crippen molar-refractivity contribution in [2.75, 3.05) is 13.2 Å². The van der Waals surface area contributed by atoms with Crippen LogP contribution in [0.25, 0.3) is 0 Å². The first-order valence-corrected chi connectivity index (χ1v) is 12.3. The maximum absolute atomic E-state index is 15.3. The summed E-state index contributed by atoms with van der Waals surface area (Å²) in [6, 6.07) is 4.59. The lowest BCUT2D eigenvalue weighted by Crippen LogP contribution is -2.44. The van der Waals surface area contributed by atoms with Crippen molar-refractivity contribution in [3.05, 3.63) is 80.9 Å². The molecule has 1 atom stereocenters. The molecule has 0 spiro atoms. The van der Waals surface area contributed by atoms with Crippen molar-refractivity contribution in [1.29, 1.82) is 0 Å². The molecular formula is C26H23ClF5N3O2. The Balaban J connectivity index is 1.48. The zero-order chi connectivity index (χ0) is 26.5. The van der Waals surface area contributed by atoms with Gasteiger partial charge in [0, 0.05) is 31.5 Å². The molecule has 3 aromatic rings. The second kappa shape index (κ2) is 9.63. The van der Waals surface area contributed by atoms with Crippen molar-refractivity contribution in [2.45, 2.75) is 51.4 Å². The molecule has 37 heavy (non-hydrogen) atoms. The highest BCUT2D eigenvalue weighted by Crippen LogP contribution is 2.40. The molecule has 0 saturated carbocycles. The van der Waals surface area contributed by atoms with Crippen LogP contribution in [0.15, 0.2) is 30.3 Å². The van der Waals surface area contributed by atoms with E-state index >= 15 is 4.39 Å². The molecule has 2 aromatic carbocycles. The van der Waals surface area contributed by atoms with Crippen molar-refractivity contribution in [3.63, 3.8) is 0 Å². The van der Waals surface area contributed by atoms with Gasteiger partial charge in [0.05, 0.1) is 22.0 Å². The Morgan fingerprint density at radius 3 is 2.62 bits per heavy atom. The van der Waals surface area contributed by atoms with Crippen LogP contribution in [0.5, 0.6) is 5.75 Å². The summed E-state index contributed by atoms with van der Waals surface area (Å²) < 4.78 is 76.2. The monoisotopic (exact) mass is 539 g/mol. The number of carbonyl (C=O) groups is 1. The maximum Gasteiger partial charge on any atom is 0.416 e. The summed E-state index contributed by atoms with van der Waals surface area (Å²) in [7, 11) is 0. The minimum Gasteiger partial charge on any atom is -0.482 e. The molecule has 0 N–H and O–H groups in total. The summed E-state index contributed by atoms with van der Waals surface area (Å²) in [5.74, 6) is -1.79. The average Bonchev–Trinajstić information content (AvgIpc) is 3.24. The number of halogens is 6. The molecule has 3 heterocycles. The van der Waals surface area contributed by atoms with E-state index in [4.69, 9.17) is 21.3 Å². The van der Waals surface area contributed by atoms with Crippen molar-refractivity contribution >= 4 is 17.5 Å². The molecule has 5 nitrogen and oxygen atoms in total. The fourth-order valence-electron chi connectivity index (χ4n) is 5.03. The molecule has 0 saturated heterocycles. The lowest BCUT2D eigenvalue weighted by atomic mass is 9.93. The summed E-state index contributed by atoms with van der Waals surface area (Å²) in [5.41, 5.74) is 0.619. The number of hydrogen-bond acceptors (Lipinski definition) is 3. The van der Waals surface area contributed by atoms with Gasteiger partial charge in [-0.3, -0.25) is 4.79 Å². The third-order valence-corrected chi connectivity index (χ3v) is 7.18. The quantitative estimate of drug-likeness (QED) is 0.380. The molecule has 1 aromatic heterocycles. The smallest absolute Gasteiger partial charge is 0.416 e. The molecule has 0 aliphatic carbocycles. The Hall–Kier alpha value is -3.14. The molecule has 196 valence electrons. The number of aromatic nitrogens is 2.